The van der Waals surface area contributed by atoms with Crippen molar-refractivity contribution in [3.05, 3.63) is 72.6 Å². The number of rotatable bonds is 8. The minimum Gasteiger partial charge on any atom is -0.497 e. The number of amides is 1. The molecule has 154 valence electrons. The first-order valence-corrected chi connectivity index (χ1v) is 9.16. The number of esters is 1. The molecule has 0 bridgehead atoms. The van der Waals surface area contributed by atoms with Gasteiger partial charge in [-0.05, 0) is 48.5 Å². The van der Waals surface area contributed by atoms with Crippen molar-refractivity contribution < 1.29 is 23.6 Å². The average Bonchev–Trinajstić information content (AvgIpc) is 3.22. The van der Waals surface area contributed by atoms with E-state index in [1.165, 1.54) is 11.8 Å². The van der Waals surface area contributed by atoms with Crippen molar-refractivity contribution in [3.63, 3.8) is 0 Å². The molecule has 0 atom stereocenters. The molecular weight excluding hydrogens is 386 g/mol. The molecule has 3 aromatic rings. The smallest absolute Gasteiger partial charge is 0.308 e. The van der Waals surface area contributed by atoms with Gasteiger partial charge in [-0.25, -0.2) is 0 Å². The Morgan fingerprint density at radius 2 is 1.77 bits per heavy atom. The Morgan fingerprint density at radius 3 is 2.37 bits per heavy atom. The fourth-order valence-corrected chi connectivity index (χ4v) is 2.73. The maximum absolute atomic E-state index is 12.9. The minimum absolute atomic E-state index is 0.125. The van der Waals surface area contributed by atoms with Gasteiger partial charge in [-0.1, -0.05) is 11.2 Å². The van der Waals surface area contributed by atoms with Crippen LogP contribution in [0, 0.1) is 0 Å². The number of nitrogens with zero attached hydrogens (tertiary/aromatic N) is 3. The minimum atomic E-state index is -0.425. The van der Waals surface area contributed by atoms with Gasteiger partial charge >= 0.3 is 5.97 Å². The highest BCUT2D eigenvalue weighted by Gasteiger charge is 2.19. The number of carbonyl (C=O) groups is 2. The molecule has 0 radical (unpaired) electrons. The zero-order valence-corrected chi connectivity index (χ0v) is 16.7. The summed E-state index contributed by atoms with van der Waals surface area (Å²) in [6.45, 7) is 5.44. The number of methoxy groups -OCH3 is 1. The third-order valence-electron chi connectivity index (χ3n) is 4.14. The van der Waals surface area contributed by atoms with Crippen LogP contribution in [0.5, 0.6) is 11.5 Å². The lowest BCUT2D eigenvalue weighted by atomic mass is 10.2. The lowest BCUT2D eigenvalue weighted by Gasteiger charge is -2.19. The van der Waals surface area contributed by atoms with Crippen molar-refractivity contribution in [2.45, 2.75) is 13.5 Å². The zero-order valence-electron chi connectivity index (χ0n) is 16.7. The number of ether oxygens (including phenoxy) is 2. The SMILES string of the molecule is C=CCN(Cc1nc(-c2ccc(OC)cc2)no1)C(=O)c1ccc(OC(C)=O)cc1. The Balaban J connectivity index is 1.73. The maximum Gasteiger partial charge on any atom is 0.308 e. The van der Waals surface area contributed by atoms with Gasteiger partial charge in [0.15, 0.2) is 0 Å². The van der Waals surface area contributed by atoms with Crippen LogP contribution in [0.15, 0.2) is 65.7 Å². The van der Waals surface area contributed by atoms with Crippen molar-refractivity contribution in [2.24, 2.45) is 0 Å². The van der Waals surface area contributed by atoms with Crippen LogP contribution >= 0.6 is 0 Å². The summed E-state index contributed by atoms with van der Waals surface area (Å²) in [6, 6.07) is 13.6. The Hall–Kier alpha value is -3.94. The average molecular weight is 407 g/mol. The molecule has 2 aromatic carbocycles. The third-order valence-corrected chi connectivity index (χ3v) is 4.14. The molecule has 8 nitrogen and oxygen atoms in total. The molecule has 0 aliphatic carbocycles. The molecule has 0 spiro atoms. The van der Waals surface area contributed by atoms with E-state index in [-0.39, 0.29) is 12.5 Å². The Morgan fingerprint density at radius 1 is 1.10 bits per heavy atom. The molecule has 0 aliphatic heterocycles. The van der Waals surface area contributed by atoms with E-state index in [2.05, 4.69) is 16.7 Å². The second kappa shape index (κ2) is 9.51. The summed E-state index contributed by atoms with van der Waals surface area (Å²) < 4.78 is 15.5. The lowest BCUT2D eigenvalue weighted by Crippen LogP contribution is -2.30. The molecule has 0 aliphatic rings. The van der Waals surface area contributed by atoms with Crippen molar-refractivity contribution in [3.8, 4) is 22.9 Å². The quantitative estimate of drug-likeness (QED) is 0.320. The van der Waals surface area contributed by atoms with Gasteiger partial charge < -0.3 is 18.9 Å². The highest BCUT2D eigenvalue weighted by molar-refractivity contribution is 5.94. The van der Waals surface area contributed by atoms with Gasteiger partial charge in [-0.2, -0.15) is 4.98 Å². The van der Waals surface area contributed by atoms with E-state index in [0.29, 0.717) is 29.6 Å². The van der Waals surface area contributed by atoms with E-state index < -0.39 is 5.97 Å². The maximum atomic E-state index is 12.9. The third kappa shape index (κ3) is 5.11. The van der Waals surface area contributed by atoms with Crippen LogP contribution in [0.2, 0.25) is 0 Å². The van der Waals surface area contributed by atoms with Crippen molar-refractivity contribution in [1.29, 1.82) is 0 Å². The fourth-order valence-electron chi connectivity index (χ4n) is 2.73. The lowest BCUT2D eigenvalue weighted by molar-refractivity contribution is -0.131. The van der Waals surface area contributed by atoms with E-state index in [1.807, 2.05) is 12.1 Å². The molecule has 1 aromatic heterocycles. The zero-order chi connectivity index (χ0) is 21.5. The van der Waals surface area contributed by atoms with E-state index in [4.69, 9.17) is 14.0 Å². The number of benzene rings is 2. The van der Waals surface area contributed by atoms with Crippen LogP contribution < -0.4 is 9.47 Å². The number of hydrogen-bond acceptors (Lipinski definition) is 7. The Bertz CT molecular complexity index is 1030. The Labute approximate surface area is 173 Å². The molecule has 8 heteroatoms. The summed E-state index contributed by atoms with van der Waals surface area (Å²) in [4.78, 5) is 29.8. The molecule has 1 heterocycles. The number of hydrogen-bond donors (Lipinski definition) is 0. The van der Waals surface area contributed by atoms with Crippen molar-refractivity contribution in [2.75, 3.05) is 13.7 Å². The van der Waals surface area contributed by atoms with Gasteiger partial charge in [0.2, 0.25) is 11.7 Å². The predicted octanol–water partition coefficient (Wildman–Crippen LogP) is 3.50. The largest absolute Gasteiger partial charge is 0.497 e. The van der Waals surface area contributed by atoms with Gasteiger partial charge in [0, 0.05) is 24.6 Å². The standard InChI is InChI=1S/C22H21N3O5/c1-4-13-25(22(27)17-7-11-19(12-8-17)29-15(2)26)14-20-23-21(24-30-20)16-5-9-18(28-3)10-6-16/h4-12H,1,13-14H2,2-3H3. The number of carbonyl (C=O) groups excluding carboxylic acids is 2. The number of aromatic nitrogens is 2. The van der Waals surface area contributed by atoms with Gasteiger partial charge in [0.25, 0.3) is 5.91 Å². The van der Waals surface area contributed by atoms with Gasteiger partial charge in [-0.15, -0.1) is 6.58 Å². The second-order valence-electron chi connectivity index (χ2n) is 6.33. The van der Waals surface area contributed by atoms with Gasteiger partial charge in [0.1, 0.15) is 18.0 Å². The molecule has 0 fully saturated rings. The first-order valence-electron chi connectivity index (χ1n) is 9.16. The van der Waals surface area contributed by atoms with E-state index >= 15 is 0 Å². The molecule has 0 saturated carbocycles. The van der Waals surface area contributed by atoms with Crippen LogP contribution in [0.3, 0.4) is 0 Å². The molecule has 30 heavy (non-hydrogen) atoms. The highest BCUT2D eigenvalue weighted by atomic mass is 16.5. The molecule has 0 unspecified atom stereocenters. The first kappa shape index (κ1) is 20.8. The van der Waals surface area contributed by atoms with Crippen LogP contribution in [0.4, 0.5) is 0 Å². The van der Waals surface area contributed by atoms with Crippen LogP contribution in [-0.4, -0.2) is 40.6 Å². The van der Waals surface area contributed by atoms with Crippen LogP contribution in [0.1, 0.15) is 23.2 Å². The summed E-state index contributed by atoms with van der Waals surface area (Å²) in [5.41, 5.74) is 1.20. The van der Waals surface area contributed by atoms with Crippen LogP contribution in [0.25, 0.3) is 11.4 Å². The van der Waals surface area contributed by atoms with Crippen molar-refractivity contribution in [1.82, 2.24) is 15.0 Å². The molecule has 0 saturated heterocycles. The molecule has 3 rings (SSSR count). The van der Waals surface area contributed by atoms with Gasteiger partial charge in [-0.3, -0.25) is 9.59 Å². The summed E-state index contributed by atoms with van der Waals surface area (Å²) in [6.07, 6.45) is 1.62. The normalized spacial score (nSPS) is 10.3. The summed E-state index contributed by atoms with van der Waals surface area (Å²) in [5.74, 6) is 1.15. The van der Waals surface area contributed by atoms with E-state index in [0.717, 1.165) is 11.3 Å². The van der Waals surface area contributed by atoms with Crippen LogP contribution in [-0.2, 0) is 11.3 Å². The monoisotopic (exact) mass is 407 g/mol. The second-order valence-corrected chi connectivity index (χ2v) is 6.33. The summed E-state index contributed by atoms with van der Waals surface area (Å²) in [7, 11) is 1.59. The topological polar surface area (TPSA) is 94.8 Å². The van der Waals surface area contributed by atoms with E-state index in [9.17, 15) is 9.59 Å². The Kier molecular flexibility index (Phi) is 6.59. The van der Waals surface area contributed by atoms with Crippen molar-refractivity contribution >= 4 is 11.9 Å². The molecule has 1 amide bonds. The molecule has 0 N–H and O–H groups in total. The predicted molar refractivity (Wildman–Crippen MR) is 109 cm³/mol. The van der Waals surface area contributed by atoms with Gasteiger partial charge in [0.05, 0.1) is 7.11 Å². The summed E-state index contributed by atoms with van der Waals surface area (Å²) in [5, 5.41) is 3.99. The summed E-state index contributed by atoms with van der Waals surface area (Å²) >= 11 is 0. The first-order chi connectivity index (χ1) is 14.5. The van der Waals surface area contributed by atoms with E-state index in [1.54, 1.807) is 49.6 Å². The fraction of sp³-hybridized carbons (Fsp3) is 0.182. The highest BCUT2D eigenvalue weighted by Crippen LogP contribution is 2.21. The molecular formula is C22H21N3O5.